The molecule has 1 aromatic heterocycles. The normalized spacial score (nSPS) is 20.8. The summed E-state index contributed by atoms with van der Waals surface area (Å²) in [6.07, 6.45) is 5.39. The Morgan fingerprint density at radius 1 is 1.09 bits per heavy atom. The number of methoxy groups -OCH3 is 1. The third-order valence-corrected chi connectivity index (χ3v) is 6.83. The summed E-state index contributed by atoms with van der Waals surface area (Å²) in [5.41, 5.74) is 1.35. The lowest BCUT2D eigenvalue weighted by atomic mass is 9.80. The number of nitrogens with zero attached hydrogens (tertiary/aromatic N) is 3. The monoisotopic (exact) mass is 450 g/mol. The summed E-state index contributed by atoms with van der Waals surface area (Å²) < 4.78 is 5.25. The number of aromatic nitrogens is 1. The third-order valence-electron chi connectivity index (χ3n) is 6.83. The molecule has 1 spiro atoms. The van der Waals surface area contributed by atoms with Gasteiger partial charge in [-0.05, 0) is 54.5 Å². The van der Waals surface area contributed by atoms with Crippen LogP contribution >= 0.6 is 0 Å². The minimum atomic E-state index is -0.809. The lowest BCUT2D eigenvalue weighted by Crippen LogP contribution is -2.72. The molecule has 176 valence electrons. The molecule has 2 aliphatic rings. The van der Waals surface area contributed by atoms with Gasteiger partial charge in [0.2, 0.25) is 11.8 Å². The molecule has 2 aromatic rings. The molecule has 33 heavy (non-hydrogen) atoms. The molecule has 2 fully saturated rings. The van der Waals surface area contributed by atoms with Crippen LogP contribution in [0, 0.1) is 5.92 Å². The number of carbonyl (C=O) groups is 2. The average molecular weight is 451 g/mol. The van der Waals surface area contributed by atoms with Crippen LogP contribution in [0.3, 0.4) is 0 Å². The number of amides is 2. The Morgan fingerprint density at radius 2 is 1.82 bits per heavy atom. The molecule has 2 amide bonds. The molecule has 7 nitrogen and oxygen atoms in total. The number of pyridine rings is 1. The van der Waals surface area contributed by atoms with Crippen molar-refractivity contribution in [1.82, 2.24) is 20.1 Å². The highest BCUT2D eigenvalue weighted by molar-refractivity contribution is 6.00. The van der Waals surface area contributed by atoms with Gasteiger partial charge in [0.1, 0.15) is 17.3 Å². The Bertz CT molecular complexity index is 953. The summed E-state index contributed by atoms with van der Waals surface area (Å²) in [5.74, 6) is 1.17. The van der Waals surface area contributed by atoms with Gasteiger partial charge in [-0.25, -0.2) is 0 Å². The summed E-state index contributed by atoms with van der Waals surface area (Å²) in [4.78, 5) is 35.5. The summed E-state index contributed by atoms with van der Waals surface area (Å²) in [6.45, 7) is 6.89. The van der Waals surface area contributed by atoms with E-state index >= 15 is 0 Å². The van der Waals surface area contributed by atoms with Crippen LogP contribution in [0.25, 0.3) is 0 Å². The highest BCUT2D eigenvalue weighted by Gasteiger charge is 2.53. The van der Waals surface area contributed by atoms with Crippen LogP contribution in [0.2, 0.25) is 0 Å². The number of hydrogen-bond donors (Lipinski definition) is 1. The predicted molar refractivity (Wildman–Crippen MR) is 126 cm³/mol. The Labute approximate surface area is 196 Å². The number of ether oxygens (including phenoxy) is 1. The Balaban J connectivity index is 1.52. The largest absolute Gasteiger partial charge is 0.497 e. The number of benzene rings is 1. The van der Waals surface area contributed by atoms with Gasteiger partial charge in [0.25, 0.3) is 0 Å². The van der Waals surface area contributed by atoms with Gasteiger partial charge in [0.05, 0.1) is 7.11 Å². The maximum absolute atomic E-state index is 13.6. The molecule has 1 aromatic carbocycles. The predicted octanol–water partition coefficient (Wildman–Crippen LogP) is 3.00. The number of carbonyl (C=O) groups excluding carboxylic acids is 2. The minimum Gasteiger partial charge on any atom is -0.497 e. The Kier molecular flexibility index (Phi) is 6.98. The maximum Gasteiger partial charge on any atom is 0.246 e. The van der Waals surface area contributed by atoms with Crippen LogP contribution in [0.15, 0.2) is 48.8 Å². The molecule has 0 saturated carbocycles. The lowest BCUT2D eigenvalue weighted by Gasteiger charge is -2.52. The van der Waals surface area contributed by atoms with Gasteiger partial charge in [-0.15, -0.1) is 0 Å². The fourth-order valence-corrected chi connectivity index (χ4v) is 4.98. The lowest BCUT2D eigenvalue weighted by molar-refractivity contribution is -0.162. The van der Waals surface area contributed by atoms with Crippen LogP contribution in [0.5, 0.6) is 5.75 Å². The Hall–Kier alpha value is -2.93. The molecule has 2 aliphatic heterocycles. The first-order chi connectivity index (χ1) is 15.9. The number of nitrogens with one attached hydrogen (secondary N) is 1. The second-order valence-corrected chi connectivity index (χ2v) is 9.60. The van der Waals surface area contributed by atoms with Crippen LogP contribution in [-0.4, -0.2) is 58.4 Å². The molecule has 0 aliphatic carbocycles. The summed E-state index contributed by atoms with van der Waals surface area (Å²) in [5, 5.41) is 3.07. The number of likely N-dealkylation sites (tertiary alicyclic amines) is 1. The second kappa shape index (κ2) is 9.91. The number of rotatable bonds is 7. The zero-order chi connectivity index (χ0) is 23.4. The van der Waals surface area contributed by atoms with E-state index in [2.05, 4.69) is 41.2 Å². The van der Waals surface area contributed by atoms with Crippen LogP contribution in [-0.2, 0) is 22.7 Å². The fraction of sp³-hybridized carbons (Fsp3) is 0.500. The van der Waals surface area contributed by atoms with Gasteiger partial charge in [-0.2, -0.15) is 0 Å². The molecule has 2 saturated heterocycles. The van der Waals surface area contributed by atoms with E-state index in [4.69, 9.17) is 4.74 Å². The van der Waals surface area contributed by atoms with Crippen molar-refractivity contribution in [3.8, 4) is 5.75 Å². The SMILES string of the molecule is COc1ccc(CN2CCC3(CC2)C(=O)NC(CC(C)C)C(=O)N3Cc2cccnc2)cc1. The topological polar surface area (TPSA) is 74.8 Å². The molecule has 0 bridgehead atoms. The first-order valence-electron chi connectivity index (χ1n) is 11.8. The van der Waals surface area contributed by atoms with Crippen molar-refractivity contribution in [1.29, 1.82) is 0 Å². The van der Waals surface area contributed by atoms with Crippen molar-refractivity contribution in [2.24, 2.45) is 5.92 Å². The van der Waals surface area contributed by atoms with Gasteiger partial charge in [0.15, 0.2) is 0 Å². The van der Waals surface area contributed by atoms with Crippen molar-refractivity contribution in [3.63, 3.8) is 0 Å². The first kappa shape index (κ1) is 23.2. The standard InChI is InChI=1S/C26H34N4O3/c1-19(2)15-23-24(31)30(18-21-5-4-12-27-16-21)26(25(32)28-23)10-13-29(14-11-26)17-20-6-8-22(33-3)9-7-20/h4-9,12,16,19,23H,10-11,13-15,17-18H2,1-3H3,(H,28,32). The third kappa shape index (κ3) is 5.03. The van der Waals surface area contributed by atoms with Crippen LogP contribution in [0.4, 0.5) is 0 Å². The van der Waals surface area contributed by atoms with Crippen LogP contribution in [0.1, 0.15) is 44.2 Å². The van der Waals surface area contributed by atoms with E-state index < -0.39 is 11.6 Å². The quantitative estimate of drug-likeness (QED) is 0.702. The summed E-state index contributed by atoms with van der Waals surface area (Å²) in [6, 6.07) is 11.5. The first-order valence-corrected chi connectivity index (χ1v) is 11.8. The highest BCUT2D eigenvalue weighted by atomic mass is 16.5. The summed E-state index contributed by atoms with van der Waals surface area (Å²) >= 11 is 0. The van der Waals surface area contributed by atoms with Crippen molar-refractivity contribution >= 4 is 11.8 Å². The van der Waals surface area contributed by atoms with E-state index in [1.54, 1.807) is 19.5 Å². The molecular formula is C26H34N4O3. The van der Waals surface area contributed by atoms with Gasteiger partial charge >= 0.3 is 0 Å². The summed E-state index contributed by atoms with van der Waals surface area (Å²) in [7, 11) is 1.67. The molecule has 0 radical (unpaired) electrons. The number of piperidine rings is 1. The van der Waals surface area contributed by atoms with Crippen molar-refractivity contribution in [2.75, 3.05) is 20.2 Å². The fourth-order valence-electron chi connectivity index (χ4n) is 4.98. The molecule has 1 unspecified atom stereocenters. The van der Waals surface area contributed by atoms with E-state index in [1.807, 2.05) is 29.2 Å². The molecule has 7 heteroatoms. The van der Waals surface area contributed by atoms with Gasteiger partial charge in [-0.1, -0.05) is 32.0 Å². The van der Waals surface area contributed by atoms with Crippen molar-refractivity contribution < 1.29 is 14.3 Å². The molecule has 1 atom stereocenters. The van der Waals surface area contributed by atoms with E-state index in [-0.39, 0.29) is 11.8 Å². The van der Waals surface area contributed by atoms with Gasteiger partial charge < -0.3 is 15.0 Å². The van der Waals surface area contributed by atoms with Crippen LogP contribution < -0.4 is 10.1 Å². The highest BCUT2D eigenvalue weighted by Crippen LogP contribution is 2.35. The minimum absolute atomic E-state index is 0.0132. The van der Waals surface area contributed by atoms with E-state index in [0.29, 0.717) is 31.7 Å². The van der Waals surface area contributed by atoms with Crippen molar-refractivity contribution in [3.05, 3.63) is 59.9 Å². The molecule has 3 heterocycles. The zero-order valence-electron chi connectivity index (χ0n) is 19.8. The maximum atomic E-state index is 13.6. The van der Waals surface area contributed by atoms with Gasteiger partial charge in [0, 0.05) is 38.6 Å². The van der Waals surface area contributed by atoms with E-state index in [0.717, 1.165) is 30.9 Å². The van der Waals surface area contributed by atoms with E-state index in [9.17, 15) is 9.59 Å². The number of hydrogen-bond acceptors (Lipinski definition) is 5. The van der Waals surface area contributed by atoms with E-state index in [1.165, 1.54) is 5.56 Å². The Morgan fingerprint density at radius 3 is 2.42 bits per heavy atom. The second-order valence-electron chi connectivity index (χ2n) is 9.60. The smallest absolute Gasteiger partial charge is 0.246 e. The zero-order valence-corrected chi connectivity index (χ0v) is 19.8. The molecular weight excluding hydrogens is 416 g/mol. The van der Waals surface area contributed by atoms with Gasteiger partial charge in [-0.3, -0.25) is 19.5 Å². The van der Waals surface area contributed by atoms with Crippen molar-refractivity contribution in [2.45, 2.75) is 57.8 Å². The molecule has 1 N–H and O–H groups in total. The average Bonchev–Trinajstić information content (AvgIpc) is 2.82. The number of piperazine rings is 1. The molecule has 4 rings (SSSR count).